The Morgan fingerprint density at radius 1 is 1.62 bits per heavy atom. The van der Waals surface area contributed by atoms with Crippen LogP contribution >= 0.6 is 28.3 Å². The van der Waals surface area contributed by atoms with Crippen LogP contribution in [0.4, 0.5) is 5.82 Å². The second kappa shape index (κ2) is 5.03. The summed E-state index contributed by atoms with van der Waals surface area (Å²) in [5.41, 5.74) is 11.3. The molecule has 0 unspecified atom stereocenters. The molecule has 1 aromatic rings. The third kappa shape index (κ3) is 2.16. The van der Waals surface area contributed by atoms with E-state index in [9.17, 15) is 4.79 Å². The van der Waals surface area contributed by atoms with Gasteiger partial charge < -0.3 is 16.8 Å². The summed E-state index contributed by atoms with van der Waals surface area (Å²) < 4.78 is 2.07. The highest BCUT2D eigenvalue weighted by Crippen LogP contribution is 2.26. The highest BCUT2D eigenvalue weighted by Gasteiger charge is 2.25. The number of nitrogens with one attached hydrogen (secondary N) is 1. The lowest BCUT2D eigenvalue weighted by Crippen LogP contribution is -2.18. The van der Waals surface area contributed by atoms with Gasteiger partial charge in [-0.2, -0.15) is 5.10 Å². The van der Waals surface area contributed by atoms with E-state index in [0.717, 1.165) is 19.5 Å². The quantitative estimate of drug-likeness (QED) is 0.731. The number of hydrogen-bond acceptors (Lipinski definition) is 4. The summed E-state index contributed by atoms with van der Waals surface area (Å²) in [5, 5.41) is 7.39. The smallest absolute Gasteiger partial charge is 0.255 e. The van der Waals surface area contributed by atoms with Crippen molar-refractivity contribution in [3.63, 3.8) is 0 Å². The first-order valence-corrected chi connectivity index (χ1v) is 5.44. The molecule has 1 amide bonds. The van der Waals surface area contributed by atoms with E-state index < -0.39 is 5.91 Å². The molecule has 1 saturated heterocycles. The minimum Gasteiger partial charge on any atom is -0.383 e. The first-order valence-electron chi connectivity index (χ1n) is 4.65. The van der Waals surface area contributed by atoms with E-state index >= 15 is 0 Å². The number of nitrogens with zero attached hydrogens (tertiary/aromatic N) is 2. The van der Waals surface area contributed by atoms with Crippen molar-refractivity contribution < 1.29 is 4.79 Å². The number of nitrogens with two attached hydrogens (primary N) is 2. The fourth-order valence-corrected chi connectivity index (χ4v) is 2.34. The van der Waals surface area contributed by atoms with Crippen molar-refractivity contribution in [3.8, 4) is 0 Å². The van der Waals surface area contributed by atoms with E-state index in [1.807, 2.05) is 0 Å². The minimum atomic E-state index is -0.559. The second-order valence-electron chi connectivity index (χ2n) is 3.51. The van der Waals surface area contributed by atoms with Crippen LogP contribution in [0.5, 0.6) is 0 Å². The van der Waals surface area contributed by atoms with Gasteiger partial charge in [0.2, 0.25) is 0 Å². The number of primary amides is 1. The standard InChI is InChI=1S/C8H12BrN5O.ClH/c9-6-5(8(11)15)7(10)14(13-6)4-1-2-12-3-4;/h4,12H,1-3,10H2,(H2,11,15);1H/t4-;/m0./s1. The highest BCUT2D eigenvalue weighted by molar-refractivity contribution is 9.10. The van der Waals surface area contributed by atoms with Gasteiger partial charge in [0.15, 0.2) is 0 Å². The van der Waals surface area contributed by atoms with Gasteiger partial charge in [-0.05, 0) is 28.9 Å². The zero-order valence-electron chi connectivity index (χ0n) is 8.44. The highest BCUT2D eigenvalue weighted by atomic mass is 79.9. The molecule has 90 valence electrons. The van der Waals surface area contributed by atoms with Crippen molar-refractivity contribution in [2.24, 2.45) is 5.73 Å². The summed E-state index contributed by atoms with van der Waals surface area (Å²) in [5.74, 6) is -0.223. The Kier molecular flexibility index (Phi) is 4.17. The third-order valence-electron chi connectivity index (χ3n) is 2.53. The van der Waals surface area contributed by atoms with Crippen LogP contribution in [0, 0.1) is 0 Å². The topological polar surface area (TPSA) is 99.0 Å². The molecule has 6 nitrogen and oxygen atoms in total. The average molecular weight is 311 g/mol. The number of amides is 1. The molecule has 2 heterocycles. The van der Waals surface area contributed by atoms with Crippen molar-refractivity contribution >= 4 is 40.1 Å². The van der Waals surface area contributed by atoms with E-state index in [0.29, 0.717) is 10.4 Å². The maximum Gasteiger partial charge on any atom is 0.255 e. The number of anilines is 1. The van der Waals surface area contributed by atoms with Gasteiger partial charge in [-0.25, -0.2) is 4.68 Å². The largest absolute Gasteiger partial charge is 0.383 e. The van der Waals surface area contributed by atoms with Crippen molar-refractivity contribution in [2.45, 2.75) is 12.5 Å². The molecule has 1 aliphatic rings. The number of aromatic nitrogens is 2. The van der Waals surface area contributed by atoms with Crippen LogP contribution < -0.4 is 16.8 Å². The molecule has 16 heavy (non-hydrogen) atoms. The van der Waals surface area contributed by atoms with Crippen LogP contribution in [-0.4, -0.2) is 28.8 Å². The summed E-state index contributed by atoms with van der Waals surface area (Å²) in [6, 6.07) is 0.203. The van der Waals surface area contributed by atoms with E-state index in [-0.39, 0.29) is 24.0 Å². The van der Waals surface area contributed by atoms with Crippen molar-refractivity contribution in [1.29, 1.82) is 0 Å². The van der Waals surface area contributed by atoms with Gasteiger partial charge in [-0.3, -0.25) is 4.79 Å². The predicted octanol–water partition coefficient (Wildman–Crippen LogP) is 0.283. The Morgan fingerprint density at radius 3 is 2.75 bits per heavy atom. The maximum atomic E-state index is 11.1. The molecule has 0 radical (unpaired) electrons. The van der Waals surface area contributed by atoms with Gasteiger partial charge in [0.05, 0.1) is 6.04 Å². The van der Waals surface area contributed by atoms with Crippen LogP contribution in [0.2, 0.25) is 0 Å². The van der Waals surface area contributed by atoms with Crippen molar-refractivity contribution in [1.82, 2.24) is 15.1 Å². The summed E-state index contributed by atoms with van der Waals surface area (Å²) in [7, 11) is 0. The molecule has 1 aliphatic heterocycles. The normalized spacial score (nSPS) is 19.4. The molecule has 0 aromatic carbocycles. The van der Waals surface area contributed by atoms with E-state index in [2.05, 4.69) is 26.3 Å². The van der Waals surface area contributed by atoms with Gasteiger partial charge in [-0.15, -0.1) is 12.4 Å². The molecule has 0 saturated carbocycles. The Bertz CT molecular complexity index is 401. The fourth-order valence-electron chi connectivity index (χ4n) is 1.77. The first kappa shape index (κ1) is 13.3. The number of rotatable bonds is 2. The van der Waals surface area contributed by atoms with Crippen LogP contribution in [-0.2, 0) is 0 Å². The van der Waals surface area contributed by atoms with Crippen LogP contribution in [0.15, 0.2) is 4.60 Å². The number of carbonyl (C=O) groups is 1. The Labute approximate surface area is 107 Å². The maximum absolute atomic E-state index is 11.1. The van der Waals surface area contributed by atoms with Crippen LogP contribution in [0.25, 0.3) is 0 Å². The molecule has 1 aromatic heterocycles. The fraction of sp³-hybridized carbons (Fsp3) is 0.500. The number of hydrogen-bond donors (Lipinski definition) is 3. The second-order valence-corrected chi connectivity index (χ2v) is 4.26. The Hall–Kier alpha value is -0.790. The summed E-state index contributed by atoms with van der Waals surface area (Å²) in [4.78, 5) is 11.1. The monoisotopic (exact) mass is 309 g/mol. The molecule has 0 aliphatic carbocycles. The molecule has 5 N–H and O–H groups in total. The summed E-state index contributed by atoms with van der Waals surface area (Å²) in [6.07, 6.45) is 0.955. The Balaban J connectivity index is 0.00000128. The van der Waals surface area contributed by atoms with Crippen LogP contribution in [0.3, 0.4) is 0 Å². The minimum absolute atomic E-state index is 0. The zero-order valence-corrected chi connectivity index (χ0v) is 10.8. The molecule has 0 spiro atoms. The van der Waals surface area contributed by atoms with Crippen LogP contribution in [0.1, 0.15) is 22.8 Å². The molecule has 2 rings (SSSR count). The van der Waals surface area contributed by atoms with E-state index in [1.54, 1.807) is 4.68 Å². The number of nitrogen functional groups attached to an aromatic ring is 1. The Morgan fingerprint density at radius 2 is 2.31 bits per heavy atom. The van der Waals surface area contributed by atoms with E-state index in [1.165, 1.54) is 0 Å². The average Bonchev–Trinajstić information content (AvgIpc) is 2.72. The lowest BCUT2D eigenvalue weighted by molar-refractivity contribution is 0.100. The third-order valence-corrected chi connectivity index (χ3v) is 3.09. The van der Waals surface area contributed by atoms with Gasteiger partial charge >= 0.3 is 0 Å². The van der Waals surface area contributed by atoms with Gasteiger partial charge in [0.25, 0.3) is 5.91 Å². The zero-order chi connectivity index (χ0) is 11.0. The number of carbonyl (C=O) groups excluding carboxylic acids is 1. The predicted molar refractivity (Wildman–Crippen MR) is 66.6 cm³/mol. The van der Waals surface area contributed by atoms with Crippen molar-refractivity contribution in [3.05, 3.63) is 10.2 Å². The lowest BCUT2D eigenvalue weighted by atomic mass is 10.2. The summed E-state index contributed by atoms with van der Waals surface area (Å²) in [6.45, 7) is 1.75. The number of halogens is 2. The summed E-state index contributed by atoms with van der Waals surface area (Å²) >= 11 is 3.18. The van der Waals surface area contributed by atoms with Crippen molar-refractivity contribution in [2.75, 3.05) is 18.8 Å². The first-order chi connectivity index (χ1) is 7.11. The van der Waals surface area contributed by atoms with Gasteiger partial charge in [0.1, 0.15) is 16.0 Å². The molecular weight excluding hydrogens is 297 g/mol. The SMILES string of the molecule is Cl.NC(=O)c1c(Br)nn([C@H]2CCNC2)c1N. The van der Waals surface area contributed by atoms with E-state index in [4.69, 9.17) is 11.5 Å². The molecule has 1 atom stereocenters. The van der Waals surface area contributed by atoms with Gasteiger partial charge in [0, 0.05) is 6.54 Å². The van der Waals surface area contributed by atoms with Gasteiger partial charge in [-0.1, -0.05) is 0 Å². The molecule has 0 bridgehead atoms. The molecular formula is C8H13BrClN5O. The molecule has 8 heteroatoms. The lowest BCUT2D eigenvalue weighted by Gasteiger charge is -2.10. The molecule has 1 fully saturated rings.